The van der Waals surface area contributed by atoms with Crippen LogP contribution < -0.4 is 0 Å². The molecule has 3 saturated carbocycles. The first kappa shape index (κ1) is 26.3. The Morgan fingerprint density at radius 3 is 1.41 bits per heavy atom. The minimum Gasteiger partial charge on any atom is -0.508 e. The van der Waals surface area contributed by atoms with E-state index in [0.717, 1.165) is 62.5 Å². The van der Waals surface area contributed by atoms with Crippen molar-refractivity contribution in [2.75, 3.05) is 0 Å². The van der Waals surface area contributed by atoms with E-state index in [-0.39, 0.29) is 5.41 Å². The Bertz CT molecular complexity index is 1190. The zero-order valence-corrected chi connectivity index (χ0v) is 23.2. The summed E-state index contributed by atoms with van der Waals surface area (Å²) in [6.45, 7) is 0. The number of hydrogen-bond acceptors (Lipinski definition) is 3. The van der Waals surface area contributed by atoms with Crippen molar-refractivity contribution < 1.29 is 15.3 Å². The van der Waals surface area contributed by atoms with Gasteiger partial charge in [0.1, 0.15) is 17.2 Å². The maximum Gasteiger partial charge on any atom is 0.119 e. The summed E-state index contributed by atoms with van der Waals surface area (Å²) in [6, 6.07) is 20.7. The third-order valence-corrected chi connectivity index (χ3v) is 10.5. The molecule has 3 heteroatoms. The number of benzene rings is 3. The van der Waals surface area contributed by atoms with E-state index < -0.39 is 0 Å². The quantitative estimate of drug-likeness (QED) is 0.311. The number of rotatable bonds is 5. The van der Waals surface area contributed by atoms with Crippen molar-refractivity contribution in [3.8, 4) is 17.2 Å². The van der Waals surface area contributed by atoms with Crippen LogP contribution in [0.3, 0.4) is 0 Å². The highest BCUT2D eigenvalue weighted by atomic mass is 16.3. The van der Waals surface area contributed by atoms with Crippen molar-refractivity contribution in [1.29, 1.82) is 0 Å². The van der Waals surface area contributed by atoms with Crippen molar-refractivity contribution in [2.45, 2.75) is 113 Å². The fourth-order valence-electron chi connectivity index (χ4n) is 8.12. The van der Waals surface area contributed by atoms with Gasteiger partial charge in [0.25, 0.3) is 0 Å². The van der Waals surface area contributed by atoms with Crippen LogP contribution in [0.25, 0.3) is 0 Å². The van der Waals surface area contributed by atoms with Crippen molar-refractivity contribution in [2.24, 2.45) is 0 Å². The van der Waals surface area contributed by atoms with Crippen LogP contribution in [0, 0.1) is 0 Å². The molecule has 3 N–H and O–H groups in total. The average molecular weight is 525 g/mol. The fourth-order valence-corrected chi connectivity index (χ4v) is 8.12. The van der Waals surface area contributed by atoms with Crippen LogP contribution in [0.2, 0.25) is 0 Å². The first-order valence-electron chi connectivity index (χ1n) is 15.5. The molecular formula is C36H44O3. The standard InChI is InChI=1S/C36H44O3/c37-31-15-11-25(12-16-31)26-19-21-36(22-20-26,29-13-17-34(38)32(23-29)27-7-3-1-4-8-27)30-14-18-35(39)33(24-30)28-9-5-2-6-10-28/h11-18,23-24,26-28,37-39H,1-10,19-22H2. The van der Waals surface area contributed by atoms with E-state index >= 15 is 0 Å². The van der Waals surface area contributed by atoms with Gasteiger partial charge in [-0.3, -0.25) is 0 Å². The molecule has 0 atom stereocenters. The zero-order chi connectivity index (χ0) is 26.8. The molecule has 3 fully saturated rings. The third kappa shape index (κ3) is 5.30. The Kier molecular flexibility index (Phi) is 7.60. The maximum atomic E-state index is 11.0. The second-order valence-electron chi connectivity index (χ2n) is 12.7. The minimum absolute atomic E-state index is 0.137. The summed E-state index contributed by atoms with van der Waals surface area (Å²) in [5, 5.41) is 31.7. The van der Waals surface area contributed by atoms with E-state index in [0.29, 0.717) is 35.0 Å². The summed E-state index contributed by atoms with van der Waals surface area (Å²) in [5.41, 5.74) is 6.10. The summed E-state index contributed by atoms with van der Waals surface area (Å²) >= 11 is 0. The van der Waals surface area contributed by atoms with Crippen molar-refractivity contribution in [3.05, 3.63) is 88.5 Å². The number of aromatic hydroxyl groups is 3. The van der Waals surface area contributed by atoms with Gasteiger partial charge >= 0.3 is 0 Å². The maximum absolute atomic E-state index is 11.0. The fraction of sp³-hybridized carbons (Fsp3) is 0.500. The molecule has 3 aliphatic rings. The molecule has 3 aliphatic carbocycles. The lowest BCUT2D eigenvalue weighted by Crippen LogP contribution is -2.33. The molecule has 206 valence electrons. The summed E-state index contributed by atoms with van der Waals surface area (Å²) in [6.07, 6.45) is 16.5. The molecule has 0 unspecified atom stereocenters. The number of phenolic OH excluding ortho intramolecular Hbond substituents is 3. The van der Waals surface area contributed by atoms with Crippen LogP contribution in [-0.4, -0.2) is 15.3 Å². The Morgan fingerprint density at radius 1 is 0.487 bits per heavy atom. The number of hydrogen-bond donors (Lipinski definition) is 3. The van der Waals surface area contributed by atoms with E-state index in [9.17, 15) is 15.3 Å². The molecule has 3 nitrogen and oxygen atoms in total. The van der Waals surface area contributed by atoms with Crippen molar-refractivity contribution in [1.82, 2.24) is 0 Å². The average Bonchev–Trinajstić information content (AvgIpc) is 2.99. The predicted octanol–water partition coefficient (Wildman–Crippen LogP) is 9.54. The molecule has 0 amide bonds. The smallest absolute Gasteiger partial charge is 0.119 e. The van der Waals surface area contributed by atoms with Gasteiger partial charge in [-0.2, -0.15) is 0 Å². The normalized spacial score (nSPS) is 21.1. The van der Waals surface area contributed by atoms with Crippen LogP contribution in [0.1, 0.15) is 135 Å². The molecule has 0 aromatic heterocycles. The second kappa shape index (κ2) is 11.3. The van der Waals surface area contributed by atoms with Crippen molar-refractivity contribution in [3.63, 3.8) is 0 Å². The van der Waals surface area contributed by atoms with Crippen LogP contribution in [0.5, 0.6) is 17.2 Å². The molecule has 0 aliphatic heterocycles. The van der Waals surface area contributed by atoms with E-state index in [1.54, 1.807) is 0 Å². The highest BCUT2D eigenvalue weighted by Gasteiger charge is 2.40. The van der Waals surface area contributed by atoms with Gasteiger partial charge in [-0.15, -0.1) is 0 Å². The Morgan fingerprint density at radius 2 is 0.949 bits per heavy atom. The van der Waals surface area contributed by atoms with Crippen LogP contribution in [-0.2, 0) is 5.41 Å². The zero-order valence-electron chi connectivity index (χ0n) is 23.2. The highest BCUT2D eigenvalue weighted by Crippen LogP contribution is 2.52. The van der Waals surface area contributed by atoms with Gasteiger partial charge in [-0.25, -0.2) is 0 Å². The Hall–Kier alpha value is -2.94. The first-order chi connectivity index (χ1) is 19.0. The molecular weight excluding hydrogens is 480 g/mol. The van der Waals surface area contributed by atoms with Gasteiger partial charge in [-0.1, -0.05) is 74.9 Å². The SMILES string of the molecule is Oc1ccc(C2CCC(c3ccc(O)c(C4CCCCC4)c3)(c3ccc(O)c(C4CCCCC4)c3)CC2)cc1. The first-order valence-corrected chi connectivity index (χ1v) is 15.5. The van der Waals surface area contributed by atoms with Gasteiger partial charge in [-0.05, 0) is 121 Å². The molecule has 39 heavy (non-hydrogen) atoms. The monoisotopic (exact) mass is 524 g/mol. The van der Waals surface area contributed by atoms with E-state index in [2.05, 4.69) is 36.4 Å². The summed E-state index contributed by atoms with van der Waals surface area (Å²) in [5.74, 6) is 2.59. The Balaban J connectivity index is 1.40. The van der Waals surface area contributed by atoms with Crippen LogP contribution in [0.15, 0.2) is 60.7 Å². The molecule has 0 saturated heterocycles. The molecule has 0 spiro atoms. The number of phenols is 3. The highest BCUT2D eigenvalue weighted by molar-refractivity contribution is 5.50. The lowest BCUT2D eigenvalue weighted by atomic mass is 9.61. The van der Waals surface area contributed by atoms with Gasteiger partial charge < -0.3 is 15.3 Å². The molecule has 0 bridgehead atoms. The molecule has 0 heterocycles. The van der Waals surface area contributed by atoms with Gasteiger partial charge in [0.2, 0.25) is 0 Å². The van der Waals surface area contributed by atoms with Gasteiger partial charge in [0.15, 0.2) is 0 Å². The summed E-state index contributed by atoms with van der Waals surface area (Å²) < 4.78 is 0. The van der Waals surface area contributed by atoms with E-state index in [1.165, 1.54) is 55.2 Å². The lowest BCUT2D eigenvalue weighted by Gasteiger charge is -2.42. The lowest BCUT2D eigenvalue weighted by molar-refractivity contribution is 0.312. The molecule has 6 rings (SSSR count). The molecule has 0 radical (unpaired) electrons. The van der Waals surface area contributed by atoms with Crippen molar-refractivity contribution >= 4 is 0 Å². The minimum atomic E-state index is -0.137. The van der Waals surface area contributed by atoms with E-state index in [4.69, 9.17) is 0 Å². The largest absolute Gasteiger partial charge is 0.508 e. The van der Waals surface area contributed by atoms with Crippen LogP contribution in [0.4, 0.5) is 0 Å². The topological polar surface area (TPSA) is 60.7 Å². The van der Waals surface area contributed by atoms with Crippen LogP contribution >= 0.6 is 0 Å². The molecule has 3 aromatic rings. The predicted molar refractivity (Wildman–Crippen MR) is 158 cm³/mol. The van der Waals surface area contributed by atoms with E-state index in [1.807, 2.05) is 24.3 Å². The van der Waals surface area contributed by atoms with Gasteiger partial charge in [0.05, 0.1) is 0 Å². The second-order valence-corrected chi connectivity index (χ2v) is 12.7. The summed E-state index contributed by atoms with van der Waals surface area (Å²) in [7, 11) is 0. The third-order valence-electron chi connectivity index (χ3n) is 10.5. The molecule has 3 aromatic carbocycles. The summed E-state index contributed by atoms with van der Waals surface area (Å²) in [4.78, 5) is 0. The van der Waals surface area contributed by atoms with Gasteiger partial charge in [0, 0.05) is 5.41 Å². The Labute approximate surface area is 233 Å².